The van der Waals surface area contributed by atoms with Crippen molar-refractivity contribution in [3.05, 3.63) is 90.3 Å². The molecule has 1 fully saturated rings. The maximum absolute atomic E-state index is 4.42. The Hall–Kier alpha value is -2.71. The van der Waals surface area contributed by atoms with Crippen molar-refractivity contribution in [3.63, 3.8) is 0 Å². The summed E-state index contributed by atoms with van der Waals surface area (Å²) in [6.07, 6.45) is 5.49. The van der Waals surface area contributed by atoms with Gasteiger partial charge in [-0.25, -0.2) is 0 Å². The average molecular weight is 462 g/mol. The molecule has 0 unspecified atom stereocenters. The molecule has 0 saturated carbocycles. The fourth-order valence-electron chi connectivity index (χ4n) is 3.69. The van der Waals surface area contributed by atoms with E-state index < -0.39 is 0 Å². The largest absolute Gasteiger partial charge is 0.304 e. The summed E-state index contributed by atoms with van der Waals surface area (Å²) in [5.41, 5.74) is 3.15. The molecule has 0 amide bonds. The van der Waals surface area contributed by atoms with Crippen LogP contribution in [0, 0.1) is 0 Å². The van der Waals surface area contributed by atoms with E-state index >= 15 is 0 Å². The average Bonchev–Trinajstić information content (AvgIpc) is 2.93. The number of hydrogen-bond acceptors (Lipinski definition) is 7. The van der Waals surface area contributed by atoms with Gasteiger partial charge in [-0.1, -0.05) is 18.2 Å². The number of rotatable bonds is 6. The van der Waals surface area contributed by atoms with E-state index in [-0.39, 0.29) is 0 Å². The van der Waals surface area contributed by atoms with Gasteiger partial charge in [0.1, 0.15) is 0 Å². The van der Waals surface area contributed by atoms with Crippen molar-refractivity contribution in [2.24, 2.45) is 0 Å². The molecule has 7 nitrogen and oxygen atoms in total. The van der Waals surface area contributed by atoms with E-state index in [4.69, 9.17) is 0 Å². The zero-order valence-electron chi connectivity index (χ0n) is 20.9. The summed E-state index contributed by atoms with van der Waals surface area (Å²) in [4.78, 5) is 22.8. The third-order valence-corrected chi connectivity index (χ3v) is 5.93. The molecule has 34 heavy (non-hydrogen) atoms. The molecule has 3 aromatic rings. The van der Waals surface area contributed by atoms with Gasteiger partial charge in [0.05, 0.1) is 17.1 Å². The van der Waals surface area contributed by atoms with Crippen LogP contribution in [0.3, 0.4) is 0 Å². The molecule has 4 heterocycles. The van der Waals surface area contributed by atoms with Gasteiger partial charge in [-0.15, -0.1) is 0 Å². The predicted octanol–water partition coefficient (Wildman–Crippen LogP) is 2.87. The Labute approximate surface area is 205 Å². The molecule has 0 spiro atoms. The van der Waals surface area contributed by atoms with Crippen molar-refractivity contribution in [2.75, 3.05) is 60.4 Å². The van der Waals surface area contributed by atoms with E-state index in [1.807, 2.05) is 73.2 Å². The first kappa shape index (κ1) is 25.9. The lowest BCUT2D eigenvalue weighted by Gasteiger charge is -2.21. The van der Waals surface area contributed by atoms with Crippen LogP contribution in [0.2, 0.25) is 0 Å². The monoisotopic (exact) mass is 461 g/mol. The molecule has 0 aliphatic carbocycles. The quantitative estimate of drug-likeness (QED) is 0.559. The summed E-state index contributed by atoms with van der Waals surface area (Å²) in [5.74, 6) is 0. The maximum atomic E-state index is 4.42. The highest BCUT2D eigenvalue weighted by Crippen LogP contribution is 2.10. The van der Waals surface area contributed by atoms with Gasteiger partial charge in [-0.05, 0) is 57.5 Å². The van der Waals surface area contributed by atoms with Gasteiger partial charge in [0, 0.05) is 77.5 Å². The number of nitrogens with zero attached hydrogens (tertiary/aromatic N) is 7. The van der Waals surface area contributed by atoms with Crippen molar-refractivity contribution in [2.45, 2.75) is 19.6 Å². The van der Waals surface area contributed by atoms with Crippen LogP contribution < -0.4 is 0 Å². The van der Waals surface area contributed by atoms with E-state index in [1.165, 1.54) is 39.3 Å². The third kappa shape index (κ3) is 10.1. The van der Waals surface area contributed by atoms with Crippen LogP contribution >= 0.6 is 0 Å². The molecule has 0 N–H and O–H groups in total. The lowest BCUT2D eigenvalue weighted by Crippen LogP contribution is -2.31. The highest BCUT2D eigenvalue weighted by Gasteiger charge is 2.10. The molecular weight excluding hydrogens is 422 g/mol. The van der Waals surface area contributed by atoms with Gasteiger partial charge in [0.15, 0.2) is 0 Å². The van der Waals surface area contributed by atoms with Crippen molar-refractivity contribution in [1.82, 2.24) is 34.6 Å². The Balaban J connectivity index is 0.000000229. The lowest BCUT2D eigenvalue weighted by atomic mass is 10.2. The van der Waals surface area contributed by atoms with Crippen molar-refractivity contribution >= 4 is 0 Å². The first-order valence-electron chi connectivity index (χ1n) is 12.1. The second-order valence-corrected chi connectivity index (χ2v) is 9.02. The zero-order chi connectivity index (χ0) is 24.0. The number of hydrogen-bond donors (Lipinski definition) is 0. The fourth-order valence-corrected chi connectivity index (χ4v) is 3.69. The molecule has 4 rings (SSSR count). The van der Waals surface area contributed by atoms with Gasteiger partial charge in [-0.3, -0.25) is 19.9 Å². The Morgan fingerprint density at radius 2 is 0.824 bits per heavy atom. The molecule has 0 atom stereocenters. The van der Waals surface area contributed by atoms with E-state index in [0.29, 0.717) is 0 Å². The summed E-state index contributed by atoms with van der Waals surface area (Å²) >= 11 is 0. The van der Waals surface area contributed by atoms with Crippen molar-refractivity contribution in [3.8, 4) is 0 Å². The minimum Gasteiger partial charge on any atom is -0.304 e. The summed E-state index contributed by atoms with van der Waals surface area (Å²) in [5, 5.41) is 0. The van der Waals surface area contributed by atoms with Crippen LogP contribution in [0.1, 0.15) is 17.1 Å². The second-order valence-electron chi connectivity index (χ2n) is 9.02. The van der Waals surface area contributed by atoms with Gasteiger partial charge in [0.25, 0.3) is 0 Å². The molecule has 3 aromatic heterocycles. The number of pyridine rings is 3. The topological polar surface area (TPSA) is 51.6 Å². The third-order valence-electron chi connectivity index (χ3n) is 5.93. The Kier molecular flexibility index (Phi) is 11.1. The van der Waals surface area contributed by atoms with Crippen LogP contribution in [-0.4, -0.2) is 95.0 Å². The van der Waals surface area contributed by atoms with Crippen molar-refractivity contribution < 1.29 is 0 Å². The molecule has 1 aliphatic rings. The van der Waals surface area contributed by atoms with Crippen LogP contribution in [0.25, 0.3) is 0 Å². The minimum absolute atomic E-state index is 0.772. The minimum atomic E-state index is 0.772. The summed E-state index contributed by atoms with van der Waals surface area (Å²) in [7, 11) is 6.60. The molecule has 0 bridgehead atoms. The van der Waals surface area contributed by atoms with Gasteiger partial charge in [0.2, 0.25) is 0 Å². The first-order chi connectivity index (χ1) is 16.6. The number of likely N-dealkylation sites (N-methyl/N-ethyl adjacent to an activating group) is 3. The maximum Gasteiger partial charge on any atom is 0.0544 e. The van der Waals surface area contributed by atoms with Crippen LogP contribution in [0.5, 0.6) is 0 Å². The van der Waals surface area contributed by atoms with Crippen LogP contribution in [-0.2, 0) is 19.6 Å². The smallest absolute Gasteiger partial charge is 0.0544 e. The highest BCUT2D eigenvalue weighted by molar-refractivity contribution is 5.08. The van der Waals surface area contributed by atoms with Gasteiger partial charge >= 0.3 is 0 Å². The Morgan fingerprint density at radius 1 is 0.529 bits per heavy atom. The molecule has 7 heteroatoms. The second kappa shape index (κ2) is 14.5. The molecule has 0 aromatic carbocycles. The standard InChI is InChI=1S/C18H18N4.C9H21N3/c1-4-10-19-16(7-1)13-22(14-17-8-2-5-11-20-17)15-18-9-3-6-12-21-18;1-10-4-6-11(2)8-9-12(3)7-5-10/h1-12H,13-15H2;4-9H2,1-3H3. The van der Waals surface area contributed by atoms with Crippen LogP contribution in [0.4, 0.5) is 0 Å². The predicted molar refractivity (Wildman–Crippen MR) is 138 cm³/mol. The van der Waals surface area contributed by atoms with E-state index in [0.717, 1.165) is 36.7 Å². The lowest BCUT2D eigenvalue weighted by molar-refractivity contribution is 0.239. The Morgan fingerprint density at radius 3 is 1.06 bits per heavy atom. The molecule has 0 radical (unpaired) electrons. The first-order valence-corrected chi connectivity index (χ1v) is 12.1. The molecule has 1 saturated heterocycles. The molecular formula is C27H39N7. The van der Waals surface area contributed by atoms with Gasteiger partial charge in [-0.2, -0.15) is 0 Å². The Bertz CT molecular complexity index is 774. The summed E-state index contributed by atoms with van der Waals surface area (Å²) in [6, 6.07) is 18.0. The molecule has 1 aliphatic heterocycles. The van der Waals surface area contributed by atoms with Crippen LogP contribution in [0.15, 0.2) is 73.2 Å². The van der Waals surface area contributed by atoms with E-state index in [2.05, 4.69) is 55.7 Å². The SMILES string of the molecule is CN1CCN(C)CCN(C)CC1.c1ccc(CN(Cc2ccccn2)Cc2ccccn2)nc1. The van der Waals surface area contributed by atoms with Crippen molar-refractivity contribution in [1.29, 1.82) is 0 Å². The fraction of sp³-hybridized carbons (Fsp3) is 0.444. The van der Waals surface area contributed by atoms with Gasteiger partial charge < -0.3 is 14.7 Å². The summed E-state index contributed by atoms with van der Waals surface area (Å²) < 4.78 is 0. The molecule has 182 valence electrons. The summed E-state index contributed by atoms with van der Waals surface area (Å²) in [6.45, 7) is 9.51. The number of aromatic nitrogens is 3. The van der Waals surface area contributed by atoms with E-state index in [9.17, 15) is 0 Å². The highest BCUT2D eigenvalue weighted by atomic mass is 15.2. The van der Waals surface area contributed by atoms with E-state index in [1.54, 1.807) is 0 Å². The zero-order valence-corrected chi connectivity index (χ0v) is 20.9. The normalized spacial score (nSPS) is 16.2.